The van der Waals surface area contributed by atoms with E-state index in [9.17, 15) is 14.4 Å². The minimum absolute atomic E-state index is 0.0716. The standard InChI is InChI=1S/C28H30N4O4/c1-20-7-5-12-24(15-20)27(34)31-13-14-32(28(35)36-19-21-8-3-2-4-9-21)26(31)25(33)30-18-23-11-6-10-22(16-23)17-29/h2-12,15-16,26H,13-14,17-19,29H2,1H3,(H,30,33). The minimum atomic E-state index is -1.13. The minimum Gasteiger partial charge on any atom is -0.444 e. The molecule has 186 valence electrons. The number of nitrogens with one attached hydrogen (secondary N) is 1. The summed E-state index contributed by atoms with van der Waals surface area (Å²) in [5.41, 5.74) is 9.77. The van der Waals surface area contributed by atoms with Gasteiger partial charge in [0.1, 0.15) is 6.61 Å². The normalized spacial score (nSPS) is 15.0. The number of hydrogen-bond donors (Lipinski definition) is 2. The molecule has 3 aromatic rings. The largest absolute Gasteiger partial charge is 0.444 e. The van der Waals surface area contributed by atoms with Crippen molar-refractivity contribution < 1.29 is 19.1 Å². The SMILES string of the molecule is Cc1cccc(C(=O)N2CCN(C(=O)OCc3ccccc3)C2C(=O)NCc2cccc(CN)c2)c1. The molecule has 3 amide bonds. The monoisotopic (exact) mass is 486 g/mol. The number of benzene rings is 3. The number of carbonyl (C=O) groups is 3. The molecule has 36 heavy (non-hydrogen) atoms. The van der Waals surface area contributed by atoms with E-state index < -0.39 is 18.2 Å². The van der Waals surface area contributed by atoms with Crippen molar-refractivity contribution in [1.82, 2.24) is 15.1 Å². The number of hydrogen-bond acceptors (Lipinski definition) is 5. The molecule has 1 heterocycles. The molecular formula is C28H30N4O4. The van der Waals surface area contributed by atoms with E-state index in [2.05, 4.69) is 5.32 Å². The van der Waals surface area contributed by atoms with Crippen molar-refractivity contribution >= 4 is 17.9 Å². The van der Waals surface area contributed by atoms with Crippen LogP contribution in [-0.4, -0.2) is 47.0 Å². The highest BCUT2D eigenvalue weighted by atomic mass is 16.6. The van der Waals surface area contributed by atoms with Gasteiger partial charge in [0.05, 0.1) is 0 Å². The van der Waals surface area contributed by atoms with Gasteiger partial charge >= 0.3 is 6.09 Å². The third-order valence-electron chi connectivity index (χ3n) is 6.07. The van der Waals surface area contributed by atoms with Gasteiger partial charge in [0, 0.05) is 31.7 Å². The van der Waals surface area contributed by atoms with Crippen LogP contribution in [0.25, 0.3) is 0 Å². The fraction of sp³-hybridized carbons (Fsp3) is 0.250. The van der Waals surface area contributed by atoms with Gasteiger partial charge in [-0.2, -0.15) is 0 Å². The topological polar surface area (TPSA) is 105 Å². The summed E-state index contributed by atoms with van der Waals surface area (Å²) < 4.78 is 5.49. The van der Waals surface area contributed by atoms with Crippen molar-refractivity contribution in [3.05, 3.63) is 107 Å². The van der Waals surface area contributed by atoms with Gasteiger partial charge in [0.15, 0.2) is 6.17 Å². The average molecular weight is 487 g/mol. The number of amides is 3. The van der Waals surface area contributed by atoms with E-state index >= 15 is 0 Å². The van der Waals surface area contributed by atoms with Gasteiger partial charge < -0.3 is 20.7 Å². The Balaban J connectivity index is 1.52. The van der Waals surface area contributed by atoms with Crippen LogP contribution in [0.2, 0.25) is 0 Å². The maximum absolute atomic E-state index is 13.4. The molecule has 1 aliphatic rings. The lowest BCUT2D eigenvalue weighted by Crippen LogP contribution is -2.53. The maximum atomic E-state index is 13.4. The molecule has 0 aliphatic carbocycles. The molecule has 0 saturated carbocycles. The van der Waals surface area contributed by atoms with Crippen LogP contribution in [-0.2, 0) is 29.2 Å². The molecule has 0 bridgehead atoms. The second-order valence-corrected chi connectivity index (χ2v) is 8.72. The summed E-state index contributed by atoms with van der Waals surface area (Å²) in [6, 6.07) is 24.1. The number of ether oxygens (including phenoxy) is 1. The predicted molar refractivity (Wildman–Crippen MR) is 136 cm³/mol. The molecule has 1 atom stereocenters. The lowest BCUT2D eigenvalue weighted by atomic mass is 10.1. The summed E-state index contributed by atoms with van der Waals surface area (Å²) in [6.45, 7) is 3.00. The summed E-state index contributed by atoms with van der Waals surface area (Å²) in [7, 11) is 0. The number of aryl methyl sites for hydroxylation is 1. The Bertz CT molecular complexity index is 1230. The van der Waals surface area contributed by atoms with Gasteiger partial charge in [-0.05, 0) is 35.7 Å². The first-order valence-corrected chi connectivity index (χ1v) is 11.9. The highest BCUT2D eigenvalue weighted by Crippen LogP contribution is 2.21. The first kappa shape index (κ1) is 24.9. The van der Waals surface area contributed by atoms with Crippen LogP contribution in [0.1, 0.15) is 32.6 Å². The molecule has 1 fully saturated rings. The molecule has 8 nitrogen and oxygen atoms in total. The van der Waals surface area contributed by atoms with Crippen molar-refractivity contribution in [2.45, 2.75) is 32.8 Å². The van der Waals surface area contributed by atoms with Crippen molar-refractivity contribution in [3.8, 4) is 0 Å². The summed E-state index contributed by atoms with van der Waals surface area (Å²) in [4.78, 5) is 42.5. The van der Waals surface area contributed by atoms with E-state index in [0.717, 1.165) is 22.3 Å². The number of nitrogens with zero attached hydrogens (tertiary/aromatic N) is 2. The van der Waals surface area contributed by atoms with Crippen molar-refractivity contribution in [2.75, 3.05) is 13.1 Å². The zero-order valence-electron chi connectivity index (χ0n) is 20.2. The van der Waals surface area contributed by atoms with E-state index in [-0.39, 0.29) is 32.1 Å². The Kier molecular flexibility index (Phi) is 7.97. The van der Waals surface area contributed by atoms with Crippen molar-refractivity contribution in [1.29, 1.82) is 0 Å². The van der Waals surface area contributed by atoms with E-state index in [1.807, 2.05) is 67.6 Å². The summed E-state index contributed by atoms with van der Waals surface area (Å²) >= 11 is 0. The second-order valence-electron chi connectivity index (χ2n) is 8.72. The Labute approximate surface area is 210 Å². The molecule has 0 aromatic heterocycles. The highest BCUT2D eigenvalue weighted by molar-refractivity contribution is 5.99. The molecule has 1 unspecified atom stereocenters. The Morgan fingerprint density at radius 1 is 0.889 bits per heavy atom. The van der Waals surface area contributed by atoms with Crippen LogP contribution >= 0.6 is 0 Å². The maximum Gasteiger partial charge on any atom is 0.412 e. The molecule has 1 aliphatic heterocycles. The lowest BCUT2D eigenvalue weighted by molar-refractivity contribution is -0.128. The molecule has 3 aromatic carbocycles. The van der Waals surface area contributed by atoms with Gasteiger partial charge in [0.2, 0.25) is 0 Å². The Morgan fingerprint density at radius 3 is 2.33 bits per heavy atom. The van der Waals surface area contributed by atoms with Crippen molar-refractivity contribution in [3.63, 3.8) is 0 Å². The predicted octanol–water partition coefficient (Wildman–Crippen LogP) is 3.19. The van der Waals surface area contributed by atoms with Crippen LogP contribution in [0.3, 0.4) is 0 Å². The third-order valence-corrected chi connectivity index (χ3v) is 6.07. The van der Waals surface area contributed by atoms with Gasteiger partial charge in [-0.25, -0.2) is 4.79 Å². The molecule has 0 radical (unpaired) electrons. The van der Waals surface area contributed by atoms with E-state index in [0.29, 0.717) is 12.1 Å². The zero-order valence-corrected chi connectivity index (χ0v) is 20.2. The Hall–Kier alpha value is -4.17. The average Bonchev–Trinajstić information content (AvgIpc) is 3.36. The fourth-order valence-corrected chi connectivity index (χ4v) is 4.21. The molecule has 4 rings (SSSR count). The quantitative estimate of drug-likeness (QED) is 0.534. The second kappa shape index (κ2) is 11.5. The highest BCUT2D eigenvalue weighted by Gasteiger charge is 2.43. The van der Waals surface area contributed by atoms with Crippen LogP contribution in [0.5, 0.6) is 0 Å². The first-order chi connectivity index (χ1) is 17.5. The first-order valence-electron chi connectivity index (χ1n) is 11.9. The number of rotatable bonds is 7. The van der Waals surface area contributed by atoms with Gasteiger partial charge in [0.25, 0.3) is 11.8 Å². The van der Waals surface area contributed by atoms with Gasteiger partial charge in [-0.15, -0.1) is 0 Å². The fourth-order valence-electron chi connectivity index (χ4n) is 4.21. The van der Waals surface area contributed by atoms with Crippen LogP contribution in [0.4, 0.5) is 4.79 Å². The van der Waals surface area contributed by atoms with Crippen LogP contribution in [0.15, 0.2) is 78.9 Å². The van der Waals surface area contributed by atoms with Gasteiger partial charge in [-0.3, -0.25) is 14.5 Å². The molecular weight excluding hydrogens is 456 g/mol. The summed E-state index contributed by atoms with van der Waals surface area (Å²) in [6.07, 6.45) is -1.78. The van der Waals surface area contributed by atoms with Crippen LogP contribution in [0, 0.1) is 6.92 Å². The smallest absolute Gasteiger partial charge is 0.412 e. The Morgan fingerprint density at radius 2 is 1.58 bits per heavy atom. The van der Waals surface area contributed by atoms with E-state index in [1.165, 1.54) is 9.80 Å². The molecule has 1 saturated heterocycles. The number of nitrogens with two attached hydrogens (primary N) is 1. The zero-order chi connectivity index (χ0) is 25.5. The summed E-state index contributed by atoms with van der Waals surface area (Å²) in [5, 5.41) is 2.88. The lowest BCUT2D eigenvalue weighted by Gasteiger charge is -2.28. The van der Waals surface area contributed by atoms with Gasteiger partial charge in [-0.1, -0.05) is 72.3 Å². The van der Waals surface area contributed by atoms with E-state index in [1.54, 1.807) is 18.2 Å². The molecule has 0 spiro atoms. The van der Waals surface area contributed by atoms with Crippen molar-refractivity contribution in [2.24, 2.45) is 5.73 Å². The van der Waals surface area contributed by atoms with Crippen LogP contribution < -0.4 is 11.1 Å². The summed E-state index contributed by atoms with van der Waals surface area (Å²) in [5.74, 6) is -0.773. The molecule has 8 heteroatoms. The number of carbonyl (C=O) groups excluding carboxylic acids is 3. The third kappa shape index (κ3) is 5.90. The molecule has 3 N–H and O–H groups in total. The van der Waals surface area contributed by atoms with E-state index in [4.69, 9.17) is 10.5 Å².